The van der Waals surface area contributed by atoms with Crippen molar-refractivity contribution >= 4 is 17.6 Å². The number of halogens is 1. The number of methoxy groups -OCH3 is 2. The number of anilines is 1. The molecule has 7 heteroatoms. The lowest BCUT2D eigenvalue weighted by Gasteiger charge is -2.40. The lowest BCUT2D eigenvalue weighted by molar-refractivity contribution is 0.0600. The van der Waals surface area contributed by atoms with Crippen molar-refractivity contribution in [3.63, 3.8) is 0 Å². The minimum Gasteiger partial charge on any atom is -0.497 e. The Hall–Kier alpha value is -3.71. The maximum atomic E-state index is 13.4. The number of benzene rings is 3. The van der Waals surface area contributed by atoms with Crippen molar-refractivity contribution in [3.8, 4) is 5.75 Å². The number of carbonyl (C=O) groups is 2. The zero-order chi connectivity index (χ0) is 25.3. The Morgan fingerprint density at radius 2 is 1.58 bits per heavy atom. The van der Waals surface area contributed by atoms with E-state index in [1.807, 2.05) is 29.2 Å². The number of carbonyl (C=O) groups excluding carboxylic acids is 2. The second kappa shape index (κ2) is 9.74. The van der Waals surface area contributed by atoms with Crippen molar-refractivity contribution in [2.75, 3.05) is 38.8 Å². The summed E-state index contributed by atoms with van der Waals surface area (Å²) >= 11 is 0. The van der Waals surface area contributed by atoms with Crippen LogP contribution in [0.3, 0.4) is 0 Å². The Bertz CT molecular complexity index is 1270. The second-order valence-corrected chi connectivity index (χ2v) is 9.53. The van der Waals surface area contributed by atoms with E-state index in [9.17, 15) is 14.0 Å². The number of ether oxygens (including phenoxy) is 2. The van der Waals surface area contributed by atoms with Crippen LogP contribution in [0.25, 0.3) is 0 Å². The Morgan fingerprint density at radius 3 is 2.22 bits per heavy atom. The molecule has 3 aromatic rings. The molecule has 0 N–H and O–H groups in total. The van der Waals surface area contributed by atoms with Crippen LogP contribution >= 0.6 is 0 Å². The van der Waals surface area contributed by atoms with Gasteiger partial charge in [-0.3, -0.25) is 9.69 Å². The third kappa shape index (κ3) is 4.46. The molecule has 3 aromatic carbocycles. The summed E-state index contributed by atoms with van der Waals surface area (Å²) in [6, 6.07) is 19.2. The molecule has 1 amide bonds. The molecule has 0 saturated carbocycles. The van der Waals surface area contributed by atoms with Gasteiger partial charge in [0, 0.05) is 29.8 Å². The van der Waals surface area contributed by atoms with Crippen molar-refractivity contribution in [2.24, 2.45) is 0 Å². The zero-order valence-electron chi connectivity index (χ0n) is 20.5. The van der Waals surface area contributed by atoms with E-state index in [4.69, 9.17) is 9.47 Å². The predicted octanol–water partition coefficient (Wildman–Crippen LogP) is 4.82. The lowest BCUT2D eigenvalue weighted by atomic mass is 9.74. The van der Waals surface area contributed by atoms with Crippen LogP contribution in [-0.4, -0.2) is 50.6 Å². The molecule has 5 rings (SSSR count). The van der Waals surface area contributed by atoms with Crippen LogP contribution < -0.4 is 9.64 Å². The highest BCUT2D eigenvalue weighted by molar-refractivity contribution is 6.07. The molecule has 1 fully saturated rings. The Balaban J connectivity index is 1.34. The number of esters is 1. The number of hydrogen-bond acceptors (Lipinski definition) is 5. The first-order valence-corrected chi connectivity index (χ1v) is 12.1. The van der Waals surface area contributed by atoms with Crippen molar-refractivity contribution in [2.45, 2.75) is 24.8 Å². The summed E-state index contributed by atoms with van der Waals surface area (Å²) in [7, 11) is 3.03. The third-order valence-electron chi connectivity index (χ3n) is 7.46. The molecule has 0 bridgehead atoms. The van der Waals surface area contributed by atoms with E-state index in [0.717, 1.165) is 55.0 Å². The monoisotopic (exact) mass is 488 g/mol. The van der Waals surface area contributed by atoms with Gasteiger partial charge in [0.15, 0.2) is 0 Å². The maximum absolute atomic E-state index is 13.4. The zero-order valence-corrected chi connectivity index (χ0v) is 20.5. The average molecular weight is 489 g/mol. The second-order valence-electron chi connectivity index (χ2n) is 9.53. The molecule has 0 aromatic heterocycles. The van der Waals surface area contributed by atoms with E-state index in [1.165, 1.54) is 19.2 Å². The number of fused-ring (bicyclic) bond motifs is 2. The molecule has 2 aliphatic heterocycles. The lowest BCUT2D eigenvalue weighted by Crippen LogP contribution is -2.45. The average Bonchev–Trinajstić information content (AvgIpc) is 3.23. The minimum absolute atomic E-state index is 0.119. The summed E-state index contributed by atoms with van der Waals surface area (Å²) < 4.78 is 23.7. The molecule has 2 heterocycles. The highest BCUT2D eigenvalue weighted by atomic mass is 19.1. The minimum atomic E-state index is -0.359. The van der Waals surface area contributed by atoms with Gasteiger partial charge in [-0.05, 0) is 91.7 Å². The van der Waals surface area contributed by atoms with Crippen LogP contribution in [0.15, 0.2) is 66.7 Å². The number of piperidine rings is 1. The molecule has 0 radical (unpaired) electrons. The summed E-state index contributed by atoms with van der Waals surface area (Å²) in [6.07, 6.45) is 1.81. The summed E-state index contributed by atoms with van der Waals surface area (Å²) in [5.41, 5.74) is 4.03. The van der Waals surface area contributed by atoms with E-state index >= 15 is 0 Å². The Kier molecular flexibility index (Phi) is 6.49. The van der Waals surface area contributed by atoms with E-state index in [1.54, 1.807) is 31.4 Å². The van der Waals surface area contributed by atoms with E-state index in [0.29, 0.717) is 17.7 Å². The van der Waals surface area contributed by atoms with Crippen LogP contribution in [-0.2, 0) is 16.7 Å². The van der Waals surface area contributed by atoms with Crippen molar-refractivity contribution in [1.29, 1.82) is 0 Å². The van der Waals surface area contributed by atoms with Gasteiger partial charge in [0.25, 0.3) is 5.91 Å². The molecule has 1 saturated heterocycles. The smallest absolute Gasteiger partial charge is 0.337 e. The normalized spacial score (nSPS) is 16.6. The van der Waals surface area contributed by atoms with Gasteiger partial charge < -0.3 is 14.4 Å². The first-order valence-electron chi connectivity index (χ1n) is 12.1. The topological polar surface area (TPSA) is 59.1 Å². The van der Waals surface area contributed by atoms with E-state index in [-0.39, 0.29) is 23.1 Å². The van der Waals surface area contributed by atoms with Gasteiger partial charge in [-0.15, -0.1) is 0 Å². The summed E-state index contributed by atoms with van der Waals surface area (Å²) in [4.78, 5) is 29.4. The molecule has 2 aliphatic rings. The fourth-order valence-electron chi connectivity index (χ4n) is 5.39. The van der Waals surface area contributed by atoms with Gasteiger partial charge in [0.05, 0.1) is 19.8 Å². The predicted molar refractivity (Wildman–Crippen MR) is 135 cm³/mol. The van der Waals surface area contributed by atoms with Gasteiger partial charge in [0.1, 0.15) is 11.6 Å². The first-order chi connectivity index (χ1) is 17.4. The molecule has 36 heavy (non-hydrogen) atoms. The third-order valence-corrected chi connectivity index (χ3v) is 7.46. The Labute approximate surface area is 210 Å². The number of amides is 1. The molecular formula is C29H29FN2O4. The van der Waals surface area contributed by atoms with Gasteiger partial charge in [-0.25, -0.2) is 9.18 Å². The summed E-state index contributed by atoms with van der Waals surface area (Å²) in [5.74, 6) is -0.0397. The van der Waals surface area contributed by atoms with Crippen molar-refractivity contribution in [3.05, 3.63) is 94.8 Å². The molecule has 6 nitrogen and oxygen atoms in total. The van der Waals surface area contributed by atoms with Gasteiger partial charge in [-0.2, -0.15) is 0 Å². The molecule has 0 aliphatic carbocycles. The van der Waals surface area contributed by atoms with Crippen LogP contribution in [0.2, 0.25) is 0 Å². The largest absolute Gasteiger partial charge is 0.497 e. The molecule has 0 atom stereocenters. The standard InChI is InChI=1S/C29H29FN2O4/c1-35-24-11-12-26-25(17-24)29(19-32(26)27(33)21-7-9-23(30)10-8-21)13-15-31(16-14-29)18-20-3-5-22(6-4-20)28(34)36-2/h3-12,17H,13-16,18-19H2,1-2H3. The van der Waals surface area contributed by atoms with Crippen LogP contribution in [0.4, 0.5) is 10.1 Å². The highest BCUT2D eigenvalue weighted by Gasteiger charge is 2.46. The van der Waals surface area contributed by atoms with Crippen LogP contribution in [0.5, 0.6) is 5.75 Å². The SMILES string of the molecule is COC(=O)c1ccc(CN2CCC3(CC2)CN(C(=O)c2ccc(F)cc2)c2ccc(OC)cc23)cc1. The summed E-state index contributed by atoms with van der Waals surface area (Å²) in [5, 5.41) is 0. The molecular weight excluding hydrogens is 459 g/mol. The molecule has 1 spiro atoms. The van der Waals surface area contributed by atoms with Crippen molar-refractivity contribution < 1.29 is 23.5 Å². The number of hydrogen-bond donors (Lipinski definition) is 0. The quantitative estimate of drug-likeness (QED) is 0.482. The van der Waals surface area contributed by atoms with Gasteiger partial charge in [0.2, 0.25) is 0 Å². The van der Waals surface area contributed by atoms with Crippen LogP contribution in [0, 0.1) is 5.82 Å². The fraction of sp³-hybridized carbons (Fsp3) is 0.310. The first kappa shape index (κ1) is 24.0. The van der Waals surface area contributed by atoms with Crippen molar-refractivity contribution in [1.82, 2.24) is 4.90 Å². The number of rotatable bonds is 5. The molecule has 0 unspecified atom stereocenters. The van der Waals surface area contributed by atoms with Gasteiger partial charge >= 0.3 is 5.97 Å². The van der Waals surface area contributed by atoms with Crippen LogP contribution in [0.1, 0.15) is 44.7 Å². The van der Waals surface area contributed by atoms with Gasteiger partial charge in [-0.1, -0.05) is 12.1 Å². The fourth-order valence-corrected chi connectivity index (χ4v) is 5.39. The highest BCUT2D eigenvalue weighted by Crippen LogP contribution is 2.48. The number of nitrogens with zero attached hydrogens (tertiary/aromatic N) is 2. The van der Waals surface area contributed by atoms with E-state index in [2.05, 4.69) is 11.0 Å². The molecule has 186 valence electrons. The Morgan fingerprint density at radius 1 is 0.917 bits per heavy atom. The summed E-state index contributed by atoms with van der Waals surface area (Å²) in [6.45, 7) is 3.15. The number of likely N-dealkylation sites (tertiary alicyclic amines) is 1. The maximum Gasteiger partial charge on any atom is 0.337 e. The van der Waals surface area contributed by atoms with E-state index < -0.39 is 0 Å².